The lowest BCUT2D eigenvalue weighted by atomic mass is 9.94. The van der Waals surface area contributed by atoms with Gasteiger partial charge < -0.3 is 4.74 Å². The van der Waals surface area contributed by atoms with Gasteiger partial charge in [0.2, 0.25) is 4.33 Å². The molecule has 0 bridgehead atoms. The predicted octanol–water partition coefficient (Wildman–Crippen LogP) is 5.42. The summed E-state index contributed by atoms with van der Waals surface area (Å²) in [7, 11) is -4.14. The Hall–Kier alpha value is -0.860. The summed E-state index contributed by atoms with van der Waals surface area (Å²) < 4.78 is 67.2. The Kier molecular flexibility index (Phi) is 6.25. The van der Waals surface area contributed by atoms with Gasteiger partial charge in [0.15, 0.2) is 9.84 Å². The number of hydrogen-bond donors (Lipinski definition) is 0. The van der Waals surface area contributed by atoms with Crippen LogP contribution in [0, 0.1) is 0 Å². The minimum absolute atomic E-state index is 0.202. The molecule has 1 aromatic carbocycles. The van der Waals surface area contributed by atoms with Crippen LogP contribution in [0.1, 0.15) is 45.6 Å². The first kappa shape index (κ1) is 22.4. The summed E-state index contributed by atoms with van der Waals surface area (Å²) >= 11 is 12.4. The first-order valence-corrected chi connectivity index (χ1v) is 10.8. The van der Waals surface area contributed by atoms with Gasteiger partial charge in [-0.15, -0.1) is 0 Å². The number of ether oxygens (including phenoxy) is 1. The molecule has 4 nitrogen and oxygen atoms in total. The molecule has 0 aliphatic carbocycles. The van der Waals surface area contributed by atoms with Crippen LogP contribution in [-0.2, 0) is 16.3 Å². The molecule has 1 heterocycles. The molecule has 0 aromatic heterocycles. The molecule has 0 spiro atoms. The van der Waals surface area contributed by atoms with Crippen molar-refractivity contribution in [2.75, 3.05) is 10.2 Å². The van der Waals surface area contributed by atoms with Gasteiger partial charge in [-0.1, -0.05) is 18.5 Å². The van der Waals surface area contributed by atoms with Gasteiger partial charge in [0, 0.05) is 24.6 Å². The van der Waals surface area contributed by atoms with E-state index in [0.29, 0.717) is 16.6 Å². The van der Waals surface area contributed by atoms with Gasteiger partial charge in [0.05, 0.1) is 11.4 Å². The zero-order chi connectivity index (χ0) is 20.7. The minimum atomic E-state index is -4.56. The first-order valence-electron chi connectivity index (χ1n) is 8.47. The smallest absolute Gasteiger partial charge is 0.389 e. The number of hydrogen-bond acceptors (Lipinski definition) is 4. The lowest BCUT2D eigenvalue weighted by Gasteiger charge is -2.36. The number of anilines is 1. The molecular weight excluding hydrogens is 426 g/mol. The van der Waals surface area contributed by atoms with E-state index in [0.717, 1.165) is 12.0 Å². The number of alkyl halides is 4. The number of benzene rings is 1. The summed E-state index contributed by atoms with van der Waals surface area (Å²) in [5.41, 5.74) is 0.665. The third-order valence-electron chi connectivity index (χ3n) is 4.52. The average molecular weight is 448 g/mol. The summed E-state index contributed by atoms with van der Waals surface area (Å²) in [5.74, 6) is 0.189. The second kappa shape index (κ2) is 7.52. The van der Waals surface area contributed by atoms with Crippen LogP contribution in [0.5, 0.6) is 5.75 Å². The maximum Gasteiger partial charge on any atom is 0.389 e. The Labute approximate surface area is 167 Å². The highest BCUT2D eigenvalue weighted by atomic mass is 35.5. The molecule has 1 aliphatic heterocycles. The van der Waals surface area contributed by atoms with Crippen LogP contribution in [0.25, 0.3) is 0 Å². The van der Waals surface area contributed by atoms with E-state index in [1.165, 1.54) is 13.0 Å². The standard InChI is InChI=1S/C17H22Cl2F3NO3S/c1-4-27(24,25)16(18,9-10-17(20,21)22)23(19)13-5-6-14-12(11-13)7-8-15(2,3)26-14/h5-6,11H,4,7-10H2,1-3H3. The van der Waals surface area contributed by atoms with Crippen LogP contribution in [0.15, 0.2) is 18.2 Å². The Morgan fingerprint density at radius 2 is 1.89 bits per heavy atom. The van der Waals surface area contributed by atoms with E-state index in [1.807, 2.05) is 13.8 Å². The van der Waals surface area contributed by atoms with Crippen molar-refractivity contribution in [3.63, 3.8) is 0 Å². The Balaban J connectivity index is 2.40. The molecule has 1 aliphatic rings. The van der Waals surface area contributed by atoms with E-state index in [-0.39, 0.29) is 11.3 Å². The van der Waals surface area contributed by atoms with Gasteiger partial charge in [-0.3, -0.25) is 4.42 Å². The zero-order valence-corrected chi connectivity index (χ0v) is 17.6. The van der Waals surface area contributed by atoms with Gasteiger partial charge in [0.1, 0.15) is 11.4 Å². The van der Waals surface area contributed by atoms with Crippen molar-refractivity contribution in [3.05, 3.63) is 23.8 Å². The molecule has 0 N–H and O–H groups in total. The van der Waals surface area contributed by atoms with E-state index in [4.69, 9.17) is 28.1 Å². The van der Waals surface area contributed by atoms with E-state index < -0.39 is 38.9 Å². The zero-order valence-electron chi connectivity index (χ0n) is 15.2. The van der Waals surface area contributed by atoms with Gasteiger partial charge >= 0.3 is 6.18 Å². The predicted molar refractivity (Wildman–Crippen MR) is 101 cm³/mol. The van der Waals surface area contributed by atoms with Crippen molar-refractivity contribution in [2.45, 2.75) is 62.6 Å². The number of sulfone groups is 1. The monoisotopic (exact) mass is 447 g/mol. The van der Waals surface area contributed by atoms with Crippen molar-refractivity contribution in [1.82, 2.24) is 0 Å². The molecule has 1 atom stereocenters. The summed E-state index contributed by atoms with van der Waals surface area (Å²) in [6.07, 6.45) is -5.42. The van der Waals surface area contributed by atoms with Crippen LogP contribution in [0.2, 0.25) is 0 Å². The number of fused-ring (bicyclic) bond motifs is 1. The molecule has 0 saturated carbocycles. The number of halogens is 5. The summed E-state index contributed by atoms with van der Waals surface area (Å²) in [4.78, 5) is 0. The fraction of sp³-hybridized carbons (Fsp3) is 0.647. The fourth-order valence-electron chi connectivity index (χ4n) is 2.85. The van der Waals surface area contributed by atoms with Crippen LogP contribution in [0.3, 0.4) is 0 Å². The topological polar surface area (TPSA) is 46.6 Å². The summed E-state index contributed by atoms with van der Waals surface area (Å²) in [5, 5.41) is 0. The van der Waals surface area contributed by atoms with Crippen LogP contribution < -0.4 is 9.16 Å². The number of nitrogens with zero attached hydrogens (tertiary/aromatic N) is 1. The molecule has 0 saturated heterocycles. The van der Waals surface area contributed by atoms with Crippen molar-refractivity contribution in [3.8, 4) is 5.75 Å². The third-order valence-corrected chi connectivity index (χ3v) is 8.35. The van der Waals surface area contributed by atoms with Crippen molar-refractivity contribution in [1.29, 1.82) is 0 Å². The largest absolute Gasteiger partial charge is 0.488 e. The SMILES string of the molecule is CCS(=O)(=O)C(Cl)(CCC(F)(F)F)N(Cl)c1ccc2c(c1)CCC(C)(C)O2. The third kappa shape index (κ3) is 4.95. The van der Waals surface area contributed by atoms with E-state index in [2.05, 4.69) is 0 Å². The first-order chi connectivity index (χ1) is 12.2. The second-order valence-electron chi connectivity index (χ2n) is 7.14. The van der Waals surface area contributed by atoms with Gasteiger partial charge in [0.25, 0.3) is 0 Å². The summed E-state index contributed by atoms with van der Waals surface area (Å²) in [6.45, 7) is 5.21. The lowest BCUT2D eigenvalue weighted by Crippen LogP contribution is -2.47. The quantitative estimate of drug-likeness (QED) is 0.331. The number of rotatable bonds is 6. The molecule has 0 amide bonds. The van der Waals surface area contributed by atoms with Crippen molar-refractivity contribution >= 4 is 38.9 Å². The molecule has 1 aromatic rings. The van der Waals surface area contributed by atoms with Gasteiger partial charge in [-0.25, -0.2) is 8.42 Å². The van der Waals surface area contributed by atoms with Crippen molar-refractivity contribution in [2.24, 2.45) is 0 Å². The normalized spacial score (nSPS) is 19.0. The van der Waals surface area contributed by atoms with Crippen LogP contribution in [0.4, 0.5) is 18.9 Å². The highest BCUT2D eigenvalue weighted by molar-refractivity contribution is 7.94. The van der Waals surface area contributed by atoms with Gasteiger partial charge in [-0.05, 0) is 50.5 Å². The number of aryl methyl sites for hydroxylation is 1. The Bertz CT molecular complexity index is 799. The second-order valence-corrected chi connectivity index (χ2v) is 10.8. The summed E-state index contributed by atoms with van der Waals surface area (Å²) in [6, 6.07) is 4.72. The maximum atomic E-state index is 12.7. The highest BCUT2D eigenvalue weighted by Gasteiger charge is 2.49. The molecule has 1 unspecified atom stereocenters. The highest BCUT2D eigenvalue weighted by Crippen LogP contribution is 2.43. The minimum Gasteiger partial charge on any atom is -0.488 e. The molecule has 0 radical (unpaired) electrons. The Morgan fingerprint density at radius 1 is 1.26 bits per heavy atom. The average Bonchev–Trinajstić information content (AvgIpc) is 2.57. The molecule has 27 heavy (non-hydrogen) atoms. The van der Waals surface area contributed by atoms with Crippen LogP contribution in [-0.4, -0.2) is 30.3 Å². The molecule has 154 valence electrons. The van der Waals surface area contributed by atoms with Gasteiger partial charge in [-0.2, -0.15) is 13.2 Å². The molecule has 2 rings (SSSR count). The molecule has 0 fully saturated rings. The molecular formula is C17H22Cl2F3NO3S. The van der Waals surface area contributed by atoms with E-state index in [9.17, 15) is 21.6 Å². The maximum absolute atomic E-state index is 12.7. The van der Waals surface area contributed by atoms with Crippen LogP contribution >= 0.6 is 23.4 Å². The fourth-order valence-corrected chi connectivity index (χ4v) is 5.08. The van der Waals surface area contributed by atoms with E-state index in [1.54, 1.807) is 12.1 Å². The lowest BCUT2D eigenvalue weighted by molar-refractivity contribution is -0.135. The Morgan fingerprint density at radius 3 is 2.44 bits per heavy atom. The van der Waals surface area contributed by atoms with E-state index >= 15 is 0 Å². The van der Waals surface area contributed by atoms with Crippen molar-refractivity contribution < 1.29 is 26.3 Å². The molecule has 10 heteroatoms.